The van der Waals surface area contributed by atoms with Crippen LogP contribution in [-0.4, -0.2) is 19.4 Å². The molecule has 0 aromatic carbocycles. The van der Waals surface area contributed by atoms with Crippen molar-refractivity contribution in [1.82, 2.24) is 0 Å². The molecule has 2 atom stereocenters. The van der Waals surface area contributed by atoms with Gasteiger partial charge in [-0.25, -0.2) is 8.78 Å². The monoisotopic (exact) mass is 146 g/mol. The largest absolute Gasteiger partial charge is 0.374 e. The Kier molecular flexibility index (Phi) is 2.17. The average molecular weight is 146 g/mol. The number of alkyl halides is 1. The second kappa shape index (κ2) is 2.92. The fourth-order valence-electron chi connectivity index (χ4n) is 0.801. The summed E-state index contributed by atoms with van der Waals surface area (Å²) in [7, 11) is 1.35. The van der Waals surface area contributed by atoms with Crippen molar-refractivity contribution < 1.29 is 13.5 Å². The maximum absolute atomic E-state index is 12.6. The molecule has 0 bridgehead atoms. The number of hydrogen-bond donors (Lipinski definition) is 0. The zero-order valence-corrected chi connectivity index (χ0v) is 5.55. The van der Waals surface area contributed by atoms with Crippen LogP contribution >= 0.6 is 0 Å². The minimum Gasteiger partial charge on any atom is -0.374 e. The number of rotatable bonds is 1. The summed E-state index contributed by atoms with van der Waals surface area (Å²) in [4.78, 5) is 0. The molecule has 2 unspecified atom stereocenters. The van der Waals surface area contributed by atoms with E-state index in [2.05, 4.69) is 4.74 Å². The van der Waals surface area contributed by atoms with E-state index in [0.717, 1.165) is 6.08 Å². The molecule has 56 valence electrons. The summed E-state index contributed by atoms with van der Waals surface area (Å²) in [5.41, 5.74) is 0. The molecule has 0 heterocycles. The zero-order chi connectivity index (χ0) is 7.56. The molecule has 0 fully saturated rings. The number of hydrogen-bond acceptors (Lipinski definition) is 1. The lowest BCUT2D eigenvalue weighted by Gasteiger charge is -2.16. The SMILES string of the molecule is COC1C=CC=C(F)C1F. The lowest BCUT2D eigenvalue weighted by Crippen LogP contribution is -2.24. The van der Waals surface area contributed by atoms with Gasteiger partial charge in [-0.1, -0.05) is 12.2 Å². The number of ether oxygens (including phenoxy) is 1. The molecular formula is C7H8F2O. The quantitative estimate of drug-likeness (QED) is 0.547. The maximum Gasteiger partial charge on any atom is 0.181 e. The van der Waals surface area contributed by atoms with Crippen molar-refractivity contribution in [3.8, 4) is 0 Å². The maximum atomic E-state index is 12.6. The third-order valence-electron chi connectivity index (χ3n) is 1.38. The van der Waals surface area contributed by atoms with Crippen LogP contribution in [0.5, 0.6) is 0 Å². The van der Waals surface area contributed by atoms with E-state index in [1.807, 2.05) is 0 Å². The molecule has 0 saturated carbocycles. The highest BCUT2D eigenvalue weighted by molar-refractivity contribution is 5.20. The minimum absolute atomic E-state index is 0.759. The molecular weight excluding hydrogens is 138 g/mol. The van der Waals surface area contributed by atoms with Crippen LogP contribution in [0.2, 0.25) is 0 Å². The third-order valence-corrected chi connectivity index (χ3v) is 1.38. The van der Waals surface area contributed by atoms with Gasteiger partial charge in [0.1, 0.15) is 11.9 Å². The first-order valence-electron chi connectivity index (χ1n) is 2.96. The van der Waals surface area contributed by atoms with Gasteiger partial charge in [-0.3, -0.25) is 0 Å². The smallest absolute Gasteiger partial charge is 0.181 e. The van der Waals surface area contributed by atoms with Gasteiger partial charge < -0.3 is 4.74 Å². The lowest BCUT2D eigenvalue weighted by molar-refractivity contribution is 0.0708. The summed E-state index contributed by atoms with van der Waals surface area (Å²) < 4.78 is 29.6. The van der Waals surface area contributed by atoms with Crippen LogP contribution in [0.1, 0.15) is 0 Å². The Labute approximate surface area is 58.0 Å². The van der Waals surface area contributed by atoms with Crippen molar-refractivity contribution in [3.63, 3.8) is 0 Å². The molecule has 0 saturated heterocycles. The van der Waals surface area contributed by atoms with Gasteiger partial charge in [-0.15, -0.1) is 0 Å². The first-order valence-corrected chi connectivity index (χ1v) is 2.96. The summed E-state index contributed by atoms with van der Waals surface area (Å²) in [5.74, 6) is -0.769. The Morgan fingerprint density at radius 3 is 2.80 bits per heavy atom. The van der Waals surface area contributed by atoms with Gasteiger partial charge in [0, 0.05) is 7.11 Å². The molecule has 0 N–H and O–H groups in total. The molecule has 0 aromatic heterocycles. The second-order valence-corrected chi connectivity index (χ2v) is 2.04. The van der Waals surface area contributed by atoms with Crippen molar-refractivity contribution in [2.45, 2.75) is 12.3 Å². The summed E-state index contributed by atoms with van der Waals surface area (Å²) in [5, 5.41) is 0. The Balaban J connectivity index is 2.68. The van der Waals surface area contributed by atoms with E-state index in [4.69, 9.17) is 0 Å². The minimum atomic E-state index is -1.63. The van der Waals surface area contributed by atoms with Crippen molar-refractivity contribution in [2.75, 3.05) is 7.11 Å². The molecule has 1 nitrogen and oxygen atoms in total. The van der Waals surface area contributed by atoms with Crippen LogP contribution in [0, 0.1) is 0 Å². The van der Waals surface area contributed by atoms with Crippen molar-refractivity contribution in [1.29, 1.82) is 0 Å². The van der Waals surface area contributed by atoms with Gasteiger partial charge in [0.05, 0.1) is 0 Å². The highest BCUT2D eigenvalue weighted by Gasteiger charge is 2.24. The molecule has 0 aromatic rings. The van der Waals surface area contributed by atoms with Crippen LogP contribution in [0.4, 0.5) is 8.78 Å². The van der Waals surface area contributed by atoms with Crippen molar-refractivity contribution >= 4 is 0 Å². The van der Waals surface area contributed by atoms with Gasteiger partial charge in [0.2, 0.25) is 0 Å². The molecule has 0 spiro atoms. The number of halogens is 2. The number of allylic oxidation sites excluding steroid dienone is 2. The fourth-order valence-corrected chi connectivity index (χ4v) is 0.801. The highest BCUT2D eigenvalue weighted by Crippen LogP contribution is 2.19. The van der Waals surface area contributed by atoms with Crippen LogP contribution in [-0.2, 0) is 4.74 Å². The summed E-state index contributed by atoms with van der Waals surface area (Å²) in [6, 6.07) is 0. The zero-order valence-electron chi connectivity index (χ0n) is 5.55. The Morgan fingerprint density at radius 1 is 1.60 bits per heavy atom. The van der Waals surface area contributed by atoms with Crippen LogP contribution in [0.15, 0.2) is 24.1 Å². The summed E-state index contributed by atoms with van der Waals surface area (Å²) in [6.45, 7) is 0. The second-order valence-electron chi connectivity index (χ2n) is 2.04. The standard InChI is InChI=1S/C7H8F2O/c1-10-6-4-2-3-5(8)7(6)9/h2-4,6-7H,1H3. The molecule has 1 aliphatic carbocycles. The average Bonchev–Trinajstić information content (AvgIpc) is 1.95. The van der Waals surface area contributed by atoms with E-state index in [0.29, 0.717) is 0 Å². The Bertz CT molecular complexity index is 174. The number of methoxy groups -OCH3 is 1. The van der Waals surface area contributed by atoms with Crippen molar-refractivity contribution in [3.05, 3.63) is 24.1 Å². The van der Waals surface area contributed by atoms with Gasteiger partial charge >= 0.3 is 0 Å². The molecule has 3 heteroatoms. The first-order chi connectivity index (χ1) is 4.75. The van der Waals surface area contributed by atoms with E-state index in [1.54, 1.807) is 0 Å². The molecule has 0 aliphatic heterocycles. The molecule has 10 heavy (non-hydrogen) atoms. The molecule has 0 radical (unpaired) electrons. The normalized spacial score (nSPS) is 32.1. The Hall–Kier alpha value is -0.700. The topological polar surface area (TPSA) is 9.23 Å². The van der Waals surface area contributed by atoms with E-state index >= 15 is 0 Å². The summed E-state index contributed by atoms with van der Waals surface area (Å²) in [6.07, 6.45) is 1.63. The van der Waals surface area contributed by atoms with Gasteiger partial charge in [-0.05, 0) is 6.08 Å². The Morgan fingerprint density at radius 2 is 2.30 bits per heavy atom. The highest BCUT2D eigenvalue weighted by atomic mass is 19.2. The predicted octanol–water partition coefficient (Wildman–Crippen LogP) is 1.76. The molecule has 0 amide bonds. The molecule has 1 aliphatic rings. The molecule has 1 rings (SSSR count). The van der Waals surface area contributed by atoms with E-state index < -0.39 is 18.1 Å². The van der Waals surface area contributed by atoms with Crippen molar-refractivity contribution in [2.24, 2.45) is 0 Å². The summed E-state index contributed by atoms with van der Waals surface area (Å²) >= 11 is 0. The van der Waals surface area contributed by atoms with Gasteiger partial charge in [-0.2, -0.15) is 0 Å². The van der Waals surface area contributed by atoms with Gasteiger partial charge in [0.25, 0.3) is 0 Å². The van der Waals surface area contributed by atoms with Gasteiger partial charge in [0.15, 0.2) is 6.17 Å². The first kappa shape index (κ1) is 7.41. The van der Waals surface area contributed by atoms with Crippen LogP contribution < -0.4 is 0 Å². The predicted molar refractivity (Wildman–Crippen MR) is 34.0 cm³/mol. The van der Waals surface area contributed by atoms with E-state index in [9.17, 15) is 8.78 Å². The van der Waals surface area contributed by atoms with E-state index in [-0.39, 0.29) is 0 Å². The van der Waals surface area contributed by atoms with Crippen LogP contribution in [0.3, 0.4) is 0 Å². The fraction of sp³-hybridized carbons (Fsp3) is 0.429. The van der Waals surface area contributed by atoms with Crippen LogP contribution in [0.25, 0.3) is 0 Å². The third kappa shape index (κ3) is 1.24. The lowest BCUT2D eigenvalue weighted by atomic mass is 10.1. The van der Waals surface area contributed by atoms with E-state index in [1.165, 1.54) is 19.3 Å².